The van der Waals surface area contributed by atoms with Crippen LogP contribution in [-0.4, -0.2) is 46.0 Å². The van der Waals surface area contributed by atoms with Crippen molar-refractivity contribution < 1.29 is 4.74 Å². The number of morpholine rings is 1. The van der Waals surface area contributed by atoms with Gasteiger partial charge in [-0.05, 0) is 20.8 Å². The van der Waals surface area contributed by atoms with Crippen molar-refractivity contribution >= 4 is 0 Å². The second-order valence-corrected chi connectivity index (χ2v) is 5.94. The molecule has 2 unspecified atom stereocenters. The van der Waals surface area contributed by atoms with E-state index in [4.69, 9.17) is 10.5 Å². The zero-order valence-electron chi connectivity index (χ0n) is 11.8. The minimum Gasteiger partial charge on any atom is -0.370 e. The fourth-order valence-corrected chi connectivity index (χ4v) is 2.74. The summed E-state index contributed by atoms with van der Waals surface area (Å²) in [5, 5.41) is 4.17. The Labute approximate surface area is 109 Å². The third kappa shape index (κ3) is 3.31. The van der Waals surface area contributed by atoms with Crippen molar-refractivity contribution in [1.82, 2.24) is 14.7 Å². The number of nitrogens with two attached hydrogens (primary N) is 1. The van der Waals surface area contributed by atoms with E-state index >= 15 is 0 Å². The van der Waals surface area contributed by atoms with Gasteiger partial charge in [-0.3, -0.25) is 9.58 Å². The molecule has 2 heterocycles. The van der Waals surface area contributed by atoms with E-state index in [0.29, 0.717) is 0 Å². The van der Waals surface area contributed by atoms with E-state index in [1.165, 1.54) is 0 Å². The lowest BCUT2D eigenvalue weighted by molar-refractivity contribution is -0.129. The van der Waals surface area contributed by atoms with Crippen molar-refractivity contribution in [2.75, 3.05) is 19.6 Å². The molecule has 18 heavy (non-hydrogen) atoms. The van der Waals surface area contributed by atoms with E-state index in [2.05, 4.69) is 30.8 Å². The average molecular weight is 252 g/mol. The lowest BCUT2D eigenvalue weighted by Crippen LogP contribution is -2.53. The van der Waals surface area contributed by atoms with Crippen molar-refractivity contribution in [3.8, 4) is 0 Å². The van der Waals surface area contributed by atoms with Gasteiger partial charge in [0.05, 0.1) is 17.9 Å². The number of aromatic nitrogens is 2. The molecule has 1 aromatic heterocycles. The molecule has 0 spiro atoms. The zero-order chi connectivity index (χ0) is 13.3. The van der Waals surface area contributed by atoms with Crippen molar-refractivity contribution in [3.05, 3.63) is 18.0 Å². The van der Waals surface area contributed by atoms with Gasteiger partial charge in [0.1, 0.15) is 0 Å². The van der Waals surface area contributed by atoms with E-state index in [-0.39, 0.29) is 17.7 Å². The fraction of sp³-hybridized carbons (Fsp3) is 0.769. The molecule has 1 saturated heterocycles. The standard InChI is InChI=1S/C13H24N4O/c1-10-6-17(9-13(2,3)18-10)8-12(14)11-5-15-16(4)7-11/h5,7,10,12H,6,8-9,14H2,1-4H3. The van der Waals surface area contributed by atoms with Gasteiger partial charge in [-0.15, -0.1) is 0 Å². The SMILES string of the molecule is CC1CN(CC(N)c2cnn(C)c2)CC(C)(C)O1. The van der Waals surface area contributed by atoms with E-state index in [1.54, 1.807) is 4.68 Å². The molecule has 5 heteroatoms. The first-order chi connectivity index (χ1) is 8.35. The molecule has 0 bridgehead atoms. The van der Waals surface area contributed by atoms with Crippen molar-refractivity contribution in [2.24, 2.45) is 12.8 Å². The third-order valence-corrected chi connectivity index (χ3v) is 3.25. The Morgan fingerprint density at radius 1 is 1.61 bits per heavy atom. The highest BCUT2D eigenvalue weighted by Crippen LogP contribution is 2.22. The number of nitrogens with zero attached hydrogens (tertiary/aromatic N) is 3. The normalized spacial score (nSPS) is 26.2. The van der Waals surface area contributed by atoms with Gasteiger partial charge in [-0.25, -0.2) is 0 Å². The summed E-state index contributed by atoms with van der Waals surface area (Å²) in [5.74, 6) is 0. The van der Waals surface area contributed by atoms with E-state index < -0.39 is 0 Å². The van der Waals surface area contributed by atoms with Crippen molar-refractivity contribution in [3.63, 3.8) is 0 Å². The zero-order valence-corrected chi connectivity index (χ0v) is 11.8. The molecule has 1 aliphatic heterocycles. The second kappa shape index (κ2) is 4.99. The highest BCUT2D eigenvalue weighted by molar-refractivity contribution is 5.10. The van der Waals surface area contributed by atoms with Gasteiger partial charge in [0.15, 0.2) is 0 Å². The van der Waals surface area contributed by atoms with Gasteiger partial charge in [0.2, 0.25) is 0 Å². The molecule has 1 aliphatic rings. The predicted molar refractivity (Wildman–Crippen MR) is 71.2 cm³/mol. The number of aryl methyl sites for hydroxylation is 1. The Balaban J connectivity index is 1.96. The molecule has 0 saturated carbocycles. The summed E-state index contributed by atoms with van der Waals surface area (Å²) in [6.07, 6.45) is 4.09. The lowest BCUT2D eigenvalue weighted by atomic mass is 10.0. The first-order valence-corrected chi connectivity index (χ1v) is 6.50. The molecule has 5 nitrogen and oxygen atoms in total. The van der Waals surface area contributed by atoms with E-state index in [0.717, 1.165) is 25.2 Å². The molecule has 102 valence electrons. The number of rotatable bonds is 3. The summed E-state index contributed by atoms with van der Waals surface area (Å²) < 4.78 is 7.69. The van der Waals surface area contributed by atoms with Crippen molar-refractivity contribution in [2.45, 2.75) is 38.5 Å². The van der Waals surface area contributed by atoms with Gasteiger partial charge in [0.25, 0.3) is 0 Å². The van der Waals surface area contributed by atoms with Crippen LogP contribution in [0.1, 0.15) is 32.4 Å². The molecule has 2 atom stereocenters. The molecule has 1 aromatic rings. The number of hydrogen-bond donors (Lipinski definition) is 1. The van der Waals surface area contributed by atoms with E-state index in [1.807, 2.05) is 19.4 Å². The van der Waals surface area contributed by atoms with Crippen LogP contribution in [0.5, 0.6) is 0 Å². The van der Waals surface area contributed by atoms with Gasteiger partial charge in [-0.2, -0.15) is 5.10 Å². The van der Waals surface area contributed by atoms with Crippen LogP contribution in [0.4, 0.5) is 0 Å². The summed E-state index contributed by atoms with van der Waals surface area (Å²) in [5.41, 5.74) is 7.24. The molecular weight excluding hydrogens is 228 g/mol. The minimum absolute atomic E-state index is 0.0137. The van der Waals surface area contributed by atoms with Crippen LogP contribution < -0.4 is 5.73 Å². The van der Waals surface area contributed by atoms with Crippen LogP contribution in [0.2, 0.25) is 0 Å². The van der Waals surface area contributed by atoms with Gasteiger partial charge >= 0.3 is 0 Å². The first-order valence-electron chi connectivity index (χ1n) is 6.50. The summed E-state index contributed by atoms with van der Waals surface area (Å²) >= 11 is 0. The maximum Gasteiger partial charge on any atom is 0.0757 e. The highest BCUT2D eigenvalue weighted by atomic mass is 16.5. The molecule has 0 aliphatic carbocycles. The quantitative estimate of drug-likeness (QED) is 0.869. The summed E-state index contributed by atoms with van der Waals surface area (Å²) in [6.45, 7) is 9.09. The molecule has 0 amide bonds. The number of hydrogen-bond acceptors (Lipinski definition) is 4. The molecule has 0 radical (unpaired) electrons. The molecule has 2 rings (SSSR count). The van der Waals surface area contributed by atoms with Crippen LogP contribution in [-0.2, 0) is 11.8 Å². The predicted octanol–water partition coefficient (Wildman–Crippen LogP) is 0.919. The average Bonchev–Trinajstić information content (AvgIpc) is 2.61. The van der Waals surface area contributed by atoms with Gasteiger partial charge in [-0.1, -0.05) is 0 Å². The van der Waals surface area contributed by atoms with Gasteiger partial charge < -0.3 is 10.5 Å². The molecular formula is C13H24N4O. The monoisotopic (exact) mass is 252 g/mol. The third-order valence-electron chi connectivity index (χ3n) is 3.25. The highest BCUT2D eigenvalue weighted by Gasteiger charge is 2.31. The largest absolute Gasteiger partial charge is 0.370 e. The van der Waals surface area contributed by atoms with Crippen LogP contribution in [0, 0.1) is 0 Å². The van der Waals surface area contributed by atoms with Crippen LogP contribution >= 0.6 is 0 Å². The molecule has 1 fully saturated rings. The fourth-order valence-electron chi connectivity index (χ4n) is 2.74. The Morgan fingerprint density at radius 3 is 2.89 bits per heavy atom. The maximum absolute atomic E-state index is 6.24. The number of ether oxygens (including phenoxy) is 1. The van der Waals surface area contributed by atoms with Crippen LogP contribution in [0.15, 0.2) is 12.4 Å². The van der Waals surface area contributed by atoms with E-state index in [9.17, 15) is 0 Å². The van der Waals surface area contributed by atoms with Crippen LogP contribution in [0.3, 0.4) is 0 Å². The lowest BCUT2D eigenvalue weighted by Gasteiger charge is -2.42. The Morgan fingerprint density at radius 2 is 2.33 bits per heavy atom. The smallest absolute Gasteiger partial charge is 0.0757 e. The summed E-state index contributed by atoms with van der Waals surface area (Å²) in [4.78, 5) is 2.38. The second-order valence-electron chi connectivity index (χ2n) is 5.94. The summed E-state index contributed by atoms with van der Waals surface area (Å²) in [6, 6.07) is 0.0137. The Kier molecular flexibility index (Phi) is 3.75. The Hall–Kier alpha value is -0.910. The Bertz CT molecular complexity index is 401. The minimum atomic E-state index is -0.0909. The van der Waals surface area contributed by atoms with Gasteiger partial charge in [0, 0.05) is 44.5 Å². The first kappa shape index (κ1) is 13.5. The van der Waals surface area contributed by atoms with Crippen molar-refractivity contribution in [1.29, 1.82) is 0 Å². The molecule has 2 N–H and O–H groups in total. The summed E-state index contributed by atoms with van der Waals surface area (Å²) in [7, 11) is 1.91. The molecule has 0 aromatic carbocycles. The maximum atomic E-state index is 6.24. The topological polar surface area (TPSA) is 56.3 Å². The van der Waals surface area contributed by atoms with Crippen LogP contribution in [0.25, 0.3) is 0 Å².